The summed E-state index contributed by atoms with van der Waals surface area (Å²) in [6.07, 6.45) is 2.08. The summed E-state index contributed by atoms with van der Waals surface area (Å²) in [7, 11) is 0. The van der Waals surface area contributed by atoms with Gasteiger partial charge in [-0.2, -0.15) is 0 Å². The number of rotatable bonds is 8. The maximum atomic E-state index is 13.3. The smallest absolute Gasteiger partial charge is 0.262 e. The van der Waals surface area contributed by atoms with E-state index in [0.717, 1.165) is 18.4 Å². The summed E-state index contributed by atoms with van der Waals surface area (Å²) in [6, 6.07) is 25.0. The Morgan fingerprint density at radius 3 is 2.34 bits per heavy atom. The van der Waals surface area contributed by atoms with Crippen molar-refractivity contribution < 1.29 is 4.79 Å². The van der Waals surface area contributed by atoms with E-state index in [2.05, 4.69) is 6.92 Å². The monoisotopic (exact) mass is 442 g/mol. The molecule has 0 aliphatic heterocycles. The van der Waals surface area contributed by atoms with Gasteiger partial charge in [-0.05, 0) is 36.6 Å². The van der Waals surface area contributed by atoms with Gasteiger partial charge in [-0.25, -0.2) is 4.98 Å². The van der Waals surface area contributed by atoms with Crippen molar-refractivity contribution >= 4 is 28.4 Å². The van der Waals surface area contributed by atoms with Gasteiger partial charge in [0, 0.05) is 5.56 Å². The lowest BCUT2D eigenvalue weighted by atomic mass is 10.0. The number of hydrogen-bond acceptors (Lipinski definition) is 4. The van der Waals surface area contributed by atoms with Crippen molar-refractivity contribution in [2.75, 3.05) is 0 Å². The van der Waals surface area contributed by atoms with Gasteiger partial charge in [-0.1, -0.05) is 91.8 Å². The van der Waals surface area contributed by atoms with Crippen LogP contribution in [0.25, 0.3) is 10.9 Å². The Morgan fingerprint density at radius 2 is 1.62 bits per heavy atom. The van der Waals surface area contributed by atoms with Gasteiger partial charge >= 0.3 is 0 Å². The molecule has 0 saturated heterocycles. The summed E-state index contributed by atoms with van der Waals surface area (Å²) >= 11 is 1.34. The number of Topliss-reactive ketones (excluding diaryl/α,β-unsaturated/α-hetero) is 1. The third-order valence-corrected chi connectivity index (χ3v) is 6.53. The minimum absolute atomic E-state index is 0.0340. The first kappa shape index (κ1) is 22.0. The van der Waals surface area contributed by atoms with E-state index in [4.69, 9.17) is 4.98 Å². The van der Waals surface area contributed by atoms with Crippen molar-refractivity contribution in [2.24, 2.45) is 0 Å². The van der Waals surface area contributed by atoms with E-state index in [1.807, 2.05) is 79.7 Å². The van der Waals surface area contributed by atoms with Crippen LogP contribution in [0.5, 0.6) is 0 Å². The SMILES string of the molecule is CCCc1ccc(C(=O)[C@H](C)Sc2nc3ccccc3c(=O)n2Cc2ccccc2)cc1. The number of fused-ring (bicyclic) bond motifs is 1. The maximum Gasteiger partial charge on any atom is 0.262 e. The highest BCUT2D eigenvalue weighted by molar-refractivity contribution is 8.00. The van der Waals surface area contributed by atoms with Crippen molar-refractivity contribution in [2.45, 2.75) is 43.6 Å². The van der Waals surface area contributed by atoms with Gasteiger partial charge < -0.3 is 0 Å². The van der Waals surface area contributed by atoms with Crippen molar-refractivity contribution in [3.8, 4) is 0 Å². The van der Waals surface area contributed by atoms with Crippen molar-refractivity contribution in [1.82, 2.24) is 9.55 Å². The van der Waals surface area contributed by atoms with Gasteiger partial charge in [-0.15, -0.1) is 0 Å². The molecule has 4 aromatic rings. The fourth-order valence-corrected chi connectivity index (χ4v) is 4.70. The van der Waals surface area contributed by atoms with Crippen molar-refractivity contribution in [1.29, 1.82) is 0 Å². The summed E-state index contributed by atoms with van der Waals surface area (Å²) in [6.45, 7) is 4.43. The van der Waals surface area contributed by atoms with Gasteiger partial charge in [0.1, 0.15) is 0 Å². The molecular formula is C27H26N2O2S. The number of aromatic nitrogens is 2. The third kappa shape index (κ3) is 4.83. The molecule has 0 N–H and O–H groups in total. The molecule has 0 unspecified atom stereocenters. The molecule has 0 amide bonds. The number of nitrogens with zero attached hydrogens (tertiary/aromatic N) is 2. The minimum Gasteiger partial charge on any atom is -0.293 e. The lowest BCUT2D eigenvalue weighted by Gasteiger charge is -2.16. The van der Waals surface area contributed by atoms with Gasteiger partial charge in [0.2, 0.25) is 0 Å². The normalized spacial score (nSPS) is 12.1. The number of benzene rings is 3. The van der Waals surface area contributed by atoms with Crippen molar-refractivity contribution in [3.05, 3.63) is 106 Å². The molecule has 4 rings (SSSR count). The Kier molecular flexibility index (Phi) is 6.86. The first-order valence-corrected chi connectivity index (χ1v) is 11.8. The Morgan fingerprint density at radius 1 is 0.938 bits per heavy atom. The van der Waals surface area contributed by atoms with Crippen LogP contribution >= 0.6 is 11.8 Å². The summed E-state index contributed by atoms with van der Waals surface area (Å²) < 4.78 is 1.68. The first-order chi connectivity index (χ1) is 15.6. The number of carbonyl (C=O) groups excluding carboxylic acids is 1. The van der Waals surface area contributed by atoms with Crippen LogP contribution < -0.4 is 5.56 Å². The Hall–Kier alpha value is -3.18. The molecule has 1 heterocycles. The highest BCUT2D eigenvalue weighted by Gasteiger charge is 2.21. The molecule has 0 saturated carbocycles. The number of para-hydroxylation sites is 1. The zero-order chi connectivity index (χ0) is 22.5. The average Bonchev–Trinajstić information content (AvgIpc) is 2.82. The second-order valence-electron chi connectivity index (χ2n) is 7.86. The highest BCUT2D eigenvalue weighted by Crippen LogP contribution is 2.26. The number of thioether (sulfide) groups is 1. The lowest BCUT2D eigenvalue weighted by molar-refractivity contribution is 0.0994. The van der Waals surface area contributed by atoms with Crippen LogP contribution in [0.4, 0.5) is 0 Å². The predicted molar refractivity (Wildman–Crippen MR) is 132 cm³/mol. The molecule has 0 aliphatic rings. The van der Waals surface area contributed by atoms with Gasteiger partial charge in [-0.3, -0.25) is 14.2 Å². The maximum absolute atomic E-state index is 13.3. The minimum atomic E-state index is -0.373. The molecule has 162 valence electrons. The number of carbonyl (C=O) groups is 1. The Labute approximate surface area is 192 Å². The summed E-state index contributed by atoms with van der Waals surface area (Å²) in [5.41, 5.74) is 3.48. The molecule has 1 aromatic heterocycles. The molecule has 4 nitrogen and oxygen atoms in total. The second-order valence-corrected chi connectivity index (χ2v) is 9.17. The van der Waals surface area contributed by atoms with Crippen LogP contribution in [0, 0.1) is 0 Å². The van der Waals surface area contributed by atoms with Crippen LogP contribution in [-0.4, -0.2) is 20.6 Å². The molecular weight excluding hydrogens is 416 g/mol. The Balaban J connectivity index is 1.67. The topological polar surface area (TPSA) is 52.0 Å². The van der Waals surface area contributed by atoms with E-state index in [-0.39, 0.29) is 16.6 Å². The molecule has 1 atom stereocenters. The zero-order valence-corrected chi connectivity index (χ0v) is 19.1. The van der Waals surface area contributed by atoms with Crippen molar-refractivity contribution in [3.63, 3.8) is 0 Å². The van der Waals surface area contributed by atoms with Gasteiger partial charge in [0.15, 0.2) is 10.9 Å². The summed E-state index contributed by atoms with van der Waals surface area (Å²) in [4.78, 5) is 31.2. The van der Waals surface area contributed by atoms with Crippen LogP contribution in [0.15, 0.2) is 88.8 Å². The number of aryl methyl sites for hydroxylation is 1. The predicted octanol–water partition coefficient (Wildman–Crippen LogP) is 5.76. The molecule has 3 aromatic carbocycles. The standard InChI is InChI=1S/C27H26N2O2S/c1-3-9-20-14-16-22(17-15-20)25(30)19(2)32-27-28-24-13-8-7-12-23(24)26(31)29(27)18-21-10-5-4-6-11-21/h4-8,10-17,19H,3,9,18H2,1-2H3/t19-/m0/s1. The molecule has 0 spiro atoms. The van der Waals surface area contributed by atoms with Crippen LogP contribution in [0.3, 0.4) is 0 Å². The van der Waals surface area contributed by atoms with E-state index in [1.54, 1.807) is 10.6 Å². The second kappa shape index (κ2) is 9.96. The number of hydrogen-bond donors (Lipinski definition) is 0. The fourth-order valence-electron chi connectivity index (χ4n) is 3.71. The fraction of sp³-hybridized carbons (Fsp3) is 0.222. The first-order valence-electron chi connectivity index (χ1n) is 10.9. The van der Waals surface area contributed by atoms with E-state index in [1.165, 1.54) is 17.3 Å². The summed E-state index contributed by atoms with van der Waals surface area (Å²) in [5.74, 6) is 0.0340. The quantitative estimate of drug-likeness (QED) is 0.198. The van der Waals surface area contributed by atoms with Gasteiger partial charge in [0.05, 0.1) is 22.7 Å². The molecule has 32 heavy (non-hydrogen) atoms. The van der Waals surface area contributed by atoms with Gasteiger partial charge in [0.25, 0.3) is 5.56 Å². The van der Waals surface area contributed by atoms with Crippen LogP contribution in [0.1, 0.15) is 41.8 Å². The third-order valence-electron chi connectivity index (χ3n) is 5.44. The average molecular weight is 443 g/mol. The zero-order valence-electron chi connectivity index (χ0n) is 18.3. The van der Waals surface area contributed by atoms with E-state index in [9.17, 15) is 9.59 Å². The molecule has 0 bridgehead atoms. The largest absolute Gasteiger partial charge is 0.293 e. The molecule has 5 heteroatoms. The summed E-state index contributed by atoms with van der Waals surface area (Å²) in [5, 5.41) is 0.765. The molecule has 0 aliphatic carbocycles. The molecule has 0 radical (unpaired) electrons. The number of ketones is 1. The van der Waals surface area contributed by atoms with E-state index in [0.29, 0.717) is 28.2 Å². The highest BCUT2D eigenvalue weighted by atomic mass is 32.2. The van der Waals surface area contributed by atoms with E-state index >= 15 is 0 Å². The lowest BCUT2D eigenvalue weighted by Crippen LogP contribution is -2.25. The Bertz CT molecular complexity index is 1280. The molecule has 0 fully saturated rings. The van der Waals surface area contributed by atoms with Crippen LogP contribution in [0.2, 0.25) is 0 Å². The van der Waals surface area contributed by atoms with E-state index < -0.39 is 0 Å². The van der Waals surface area contributed by atoms with Crippen LogP contribution in [-0.2, 0) is 13.0 Å².